The van der Waals surface area contributed by atoms with Gasteiger partial charge in [0.15, 0.2) is 0 Å². The lowest BCUT2D eigenvalue weighted by Gasteiger charge is -2.38. The maximum absolute atomic E-state index is 3.42. The topological polar surface area (TPSA) is 22.3 Å². The molecule has 4 aromatic rings. The molecule has 1 aliphatic heterocycles. The number of aromatic nitrogens is 1. The molecular formula is C26H25N3. The van der Waals surface area contributed by atoms with Gasteiger partial charge in [0.1, 0.15) is 0 Å². The van der Waals surface area contributed by atoms with Crippen molar-refractivity contribution in [1.82, 2.24) is 14.8 Å². The highest BCUT2D eigenvalue weighted by molar-refractivity contribution is 5.83. The smallest absolute Gasteiger partial charge is 0.0614 e. The molecule has 0 atom stereocenters. The van der Waals surface area contributed by atoms with Crippen molar-refractivity contribution in [2.45, 2.75) is 12.6 Å². The number of hydrogen-bond donors (Lipinski definition) is 1. The van der Waals surface area contributed by atoms with Gasteiger partial charge in [-0.3, -0.25) is 9.80 Å². The van der Waals surface area contributed by atoms with Gasteiger partial charge < -0.3 is 4.98 Å². The minimum absolute atomic E-state index is 0.401. The van der Waals surface area contributed by atoms with E-state index in [9.17, 15) is 0 Å². The van der Waals surface area contributed by atoms with Crippen molar-refractivity contribution in [3.8, 4) is 11.1 Å². The average molecular weight is 380 g/mol. The molecule has 1 aliphatic carbocycles. The minimum atomic E-state index is 0.401. The number of rotatable bonds is 3. The highest BCUT2D eigenvalue weighted by Gasteiger charge is 2.34. The Hall–Kier alpha value is -2.88. The molecule has 6 rings (SSSR count). The van der Waals surface area contributed by atoms with Gasteiger partial charge in [-0.1, -0.05) is 66.7 Å². The summed E-state index contributed by atoms with van der Waals surface area (Å²) in [6, 6.07) is 26.9. The van der Waals surface area contributed by atoms with Crippen molar-refractivity contribution in [3.63, 3.8) is 0 Å². The van der Waals surface area contributed by atoms with E-state index in [2.05, 4.69) is 93.8 Å². The van der Waals surface area contributed by atoms with Crippen LogP contribution < -0.4 is 0 Å². The Morgan fingerprint density at radius 3 is 2.07 bits per heavy atom. The van der Waals surface area contributed by atoms with Gasteiger partial charge in [-0.15, -0.1) is 0 Å². The van der Waals surface area contributed by atoms with Crippen LogP contribution in [0.1, 0.15) is 22.7 Å². The zero-order chi connectivity index (χ0) is 19.2. The second-order valence-corrected chi connectivity index (χ2v) is 8.25. The molecule has 1 saturated heterocycles. The first-order chi connectivity index (χ1) is 14.4. The number of aromatic amines is 1. The number of fused-ring (bicyclic) bond motifs is 4. The van der Waals surface area contributed by atoms with Gasteiger partial charge >= 0.3 is 0 Å². The summed E-state index contributed by atoms with van der Waals surface area (Å²) in [5.41, 5.74) is 8.41. The lowest BCUT2D eigenvalue weighted by atomic mass is 10.0. The van der Waals surface area contributed by atoms with E-state index >= 15 is 0 Å². The van der Waals surface area contributed by atoms with Crippen molar-refractivity contribution in [3.05, 3.63) is 95.7 Å². The Morgan fingerprint density at radius 1 is 0.724 bits per heavy atom. The predicted octanol–water partition coefficient (Wildman–Crippen LogP) is 5.06. The molecule has 1 fully saturated rings. The van der Waals surface area contributed by atoms with Gasteiger partial charge in [0.05, 0.1) is 6.04 Å². The van der Waals surface area contributed by atoms with E-state index in [0.29, 0.717) is 6.04 Å². The van der Waals surface area contributed by atoms with Crippen LogP contribution in [0.4, 0.5) is 0 Å². The Morgan fingerprint density at radius 2 is 1.34 bits per heavy atom. The summed E-state index contributed by atoms with van der Waals surface area (Å²) in [6.07, 6.45) is 2.18. The molecule has 2 aliphatic rings. The number of hydrogen-bond acceptors (Lipinski definition) is 2. The SMILES string of the molecule is c1ccc2c(c1)-c1ccccc1C2N1CCN(Cc2c[nH]c3ccccc23)CC1. The summed E-state index contributed by atoms with van der Waals surface area (Å²) < 4.78 is 0. The van der Waals surface area contributed by atoms with Crippen molar-refractivity contribution in [1.29, 1.82) is 0 Å². The molecule has 3 nitrogen and oxygen atoms in total. The molecule has 0 bridgehead atoms. The fraction of sp³-hybridized carbons (Fsp3) is 0.231. The van der Waals surface area contributed by atoms with Crippen molar-refractivity contribution in [2.24, 2.45) is 0 Å². The summed E-state index contributed by atoms with van der Waals surface area (Å²) in [6.45, 7) is 5.46. The summed E-state index contributed by atoms with van der Waals surface area (Å²) >= 11 is 0. The summed E-state index contributed by atoms with van der Waals surface area (Å²) in [7, 11) is 0. The van der Waals surface area contributed by atoms with Gasteiger partial charge in [0, 0.05) is 49.8 Å². The van der Waals surface area contributed by atoms with E-state index in [1.54, 1.807) is 0 Å². The third kappa shape index (κ3) is 2.81. The summed E-state index contributed by atoms with van der Waals surface area (Å²) in [5, 5.41) is 1.36. The van der Waals surface area contributed by atoms with Gasteiger partial charge in [-0.05, 0) is 33.9 Å². The second kappa shape index (κ2) is 6.87. The van der Waals surface area contributed by atoms with Crippen LogP contribution in [0.15, 0.2) is 79.0 Å². The first-order valence-corrected chi connectivity index (χ1v) is 10.6. The second-order valence-electron chi connectivity index (χ2n) is 8.25. The first kappa shape index (κ1) is 17.0. The molecule has 0 saturated carbocycles. The Labute approximate surface area is 171 Å². The summed E-state index contributed by atoms with van der Waals surface area (Å²) in [4.78, 5) is 8.69. The molecular weight excluding hydrogens is 354 g/mol. The van der Waals surface area contributed by atoms with Crippen molar-refractivity contribution < 1.29 is 0 Å². The third-order valence-electron chi connectivity index (χ3n) is 6.64. The van der Waals surface area contributed by atoms with Crippen LogP contribution in [0, 0.1) is 0 Å². The first-order valence-electron chi connectivity index (χ1n) is 10.6. The van der Waals surface area contributed by atoms with E-state index < -0.39 is 0 Å². The zero-order valence-corrected chi connectivity index (χ0v) is 16.5. The highest BCUT2D eigenvalue weighted by Crippen LogP contribution is 2.46. The number of nitrogens with zero attached hydrogens (tertiary/aromatic N) is 2. The van der Waals surface area contributed by atoms with E-state index in [1.165, 1.54) is 38.7 Å². The average Bonchev–Trinajstić information content (AvgIpc) is 3.34. The normalized spacial score (nSPS) is 17.5. The van der Waals surface area contributed by atoms with Crippen LogP contribution >= 0.6 is 0 Å². The number of piperazine rings is 1. The number of nitrogens with one attached hydrogen (secondary N) is 1. The van der Waals surface area contributed by atoms with Gasteiger partial charge in [0.2, 0.25) is 0 Å². The number of benzene rings is 3. The van der Waals surface area contributed by atoms with E-state index in [1.807, 2.05) is 0 Å². The lowest BCUT2D eigenvalue weighted by Crippen LogP contribution is -2.47. The van der Waals surface area contributed by atoms with Crippen LogP contribution in [-0.4, -0.2) is 41.0 Å². The molecule has 1 N–H and O–H groups in total. The fourth-order valence-corrected chi connectivity index (χ4v) is 5.21. The van der Waals surface area contributed by atoms with E-state index in [0.717, 1.165) is 32.7 Å². The Bertz CT molecular complexity index is 1120. The predicted molar refractivity (Wildman–Crippen MR) is 119 cm³/mol. The molecule has 3 aromatic carbocycles. The Kier molecular flexibility index (Phi) is 4.03. The van der Waals surface area contributed by atoms with Crippen LogP contribution in [0.2, 0.25) is 0 Å². The molecule has 1 aromatic heterocycles. The maximum Gasteiger partial charge on any atom is 0.0614 e. The number of para-hydroxylation sites is 1. The Balaban J connectivity index is 1.22. The van der Waals surface area contributed by atoms with E-state index in [-0.39, 0.29) is 0 Å². The molecule has 144 valence electrons. The summed E-state index contributed by atoms with van der Waals surface area (Å²) in [5.74, 6) is 0. The van der Waals surface area contributed by atoms with E-state index in [4.69, 9.17) is 0 Å². The van der Waals surface area contributed by atoms with Crippen LogP contribution in [0.25, 0.3) is 22.0 Å². The molecule has 0 unspecified atom stereocenters. The monoisotopic (exact) mass is 379 g/mol. The van der Waals surface area contributed by atoms with Crippen LogP contribution in [-0.2, 0) is 6.54 Å². The fourth-order valence-electron chi connectivity index (χ4n) is 5.21. The van der Waals surface area contributed by atoms with Crippen molar-refractivity contribution in [2.75, 3.05) is 26.2 Å². The number of H-pyrrole nitrogens is 1. The highest BCUT2D eigenvalue weighted by atomic mass is 15.3. The van der Waals surface area contributed by atoms with Crippen LogP contribution in [0.5, 0.6) is 0 Å². The lowest BCUT2D eigenvalue weighted by molar-refractivity contribution is 0.106. The maximum atomic E-state index is 3.42. The molecule has 0 amide bonds. The van der Waals surface area contributed by atoms with Gasteiger partial charge in [-0.25, -0.2) is 0 Å². The van der Waals surface area contributed by atoms with Crippen LogP contribution in [0.3, 0.4) is 0 Å². The third-order valence-corrected chi connectivity index (χ3v) is 6.64. The molecule has 2 heterocycles. The standard InChI is InChI=1S/C26H25N3/c1-3-10-23-21(8-1)22-9-2-4-11-24(22)26(23)29-15-13-28(14-16-29)18-19-17-27-25-12-6-5-7-20(19)25/h1-12,17,26-27H,13-16,18H2. The largest absolute Gasteiger partial charge is 0.361 e. The molecule has 29 heavy (non-hydrogen) atoms. The molecule has 0 radical (unpaired) electrons. The molecule has 3 heteroatoms. The molecule has 0 spiro atoms. The van der Waals surface area contributed by atoms with Gasteiger partial charge in [-0.2, -0.15) is 0 Å². The quantitative estimate of drug-likeness (QED) is 0.538. The zero-order valence-electron chi connectivity index (χ0n) is 16.5. The minimum Gasteiger partial charge on any atom is -0.361 e. The van der Waals surface area contributed by atoms with Crippen molar-refractivity contribution >= 4 is 10.9 Å². The van der Waals surface area contributed by atoms with Gasteiger partial charge in [0.25, 0.3) is 0 Å².